The molecule has 3 nitrogen and oxygen atoms in total. The maximum absolute atomic E-state index is 9.56. The minimum atomic E-state index is 0.386. The molecule has 0 spiro atoms. The molecule has 0 aromatic heterocycles. The van der Waals surface area contributed by atoms with E-state index in [1.54, 1.807) is 0 Å². The van der Waals surface area contributed by atoms with Crippen molar-refractivity contribution in [3.8, 4) is 5.75 Å². The second kappa shape index (κ2) is 6.92. The zero-order chi connectivity index (χ0) is 13.7. The fourth-order valence-corrected chi connectivity index (χ4v) is 2.97. The summed E-state index contributed by atoms with van der Waals surface area (Å²) < 4.78 is 0. The monoisotopic (exact) mass is 262 g/mol. The summed E-state index contributed by atoms with van der Waals surface area (Å²) in [6.45, 7) is 10.1. The normalized spacial score (nSPS) is 17.4. The summed E-state index contributed by atoms with van der Waals surface area (Å²) in [6.07, 6.45) is 3.57. The van der Waals surface area contributed by atoms with Gasteiger partial charge in [-0.25, -0.2) is 0 Å². The van der Waals surface area contributed by atoms with Crippen LogP contribution in [0.2, 0.25) is 0 Å². The molecule has 1 aliphatic heterocycles. The van der Waals surface area contributed by atoms with E-state index in [9.17, 15) is 5.11 Å². The number of aryl methyl sites for hydroxylation is 2. The van der Waals surface area contributed by atoms with Crippen LogP contribution < -0.4 is 5.32 Å². The first-order chi connectivity index (χ1) is 9.16. The molecule has 1 saturated heterocycles. The van der Waals surface area contributed by atoms with E-state index in [1.165, 1.54) is 49.2 Å². The Labute approximate surface area is 116 Å². The molecule has 106 valence electrons. The van der Waals surface area contributed by atoms with Gasteiger partial charge in [0, 0.05) is 13.1 Å². The average molecular weight is 262 g/mol. The van der Waals surface area contributed by atoms with Gasteiger partial charge < -0.3 is 15.3 Å². The van der Waals surface area contributed by atoms with Gasteiger partial charge in [-0.15, -0.1) is 0 Å². The van der Waals surface area contributed by atoms with Crippen molar-refractivity contribution in [2.75, 3.05) is 32.7 Å². The molecule has 0 atom stereocenters. The first-order valence-corrected chi connectivity index (χ1v) is 7.39. The summed E-state index contributed by atoms with van der Waals surface area (Å²) in [5.74, 6) is 0.386. The van der Waals surface area contributed by atoms with Crippen LogP contribution in [0.1, 0.15) is 29.5 Å². The third-order valence-electron chi connectivity index (χ3n) is 4.01. The van der Waals surface area contributed by atoms with Crippen LogP contribution in [0.5, 0.6) is 5.75 Å². The van der Waals surface area contributed by atoms with Crippen LogP contribution in [0, 0.1) is 13.8 Å². The van der Waals surface area contributed by atoms with Gasteiger partial charge in [0.1, 0.15) is 5.75 Å². The van der Waals surface area contributed by atoms with E-state index >= 15 is 0 Å². The highest BCUT2D eigenvalue weighted by atomic mass is 16.3. The lowest BCUT2D eigenvalue weighted by Gasteiger charge is -2.19. The highest BCUT2D eigenvalue weighted by Gasteiger charge is 2.09. The molecule has 1 heterocycles. The van der Waals surface area contributed by atoms with E-state index < -0.39 is 0 Å². The van der Waals surface area contributed by atoms with Gasteiger partial charge in [-0.2, -0.15) is 0 Å². The summed E-state index contributed by atoms with van der Waals surface area (Å²) >= 11 is 0. The van der Waals surface area contributed by atoms with E-state index in [2.05, 4.69) is 24.1 Å². The van der Waals surface area contributed by atoms with Gasteiger partial charge in [0.25, 0.3) is 0 Å². The summed E-state index contributed by atoms with van der Waals surface area (Å²) in [4.78, 5) is 2.56. The number of phenolic OH excluding ortho intramolecular Hbond substituents is 1. The van der Waals surface area contributed by atoms with Crippen LogP contribution in [0.25, 0.3) is 0 Å². The van der Waals surface area contributed by atoms with Crippen molar-refractivity contribution in [3.63, 3.8) is 0 Å². The molecule has 1 aliphatic rings. The number of nitrogens with one attached hydrogen (secondary N) is 1. The van der Waals surface area contributed by atoms with Crippen LogP contribution in [0.3, 0.4) is 0 Å². The van der Waals surface area contributed by atoms with Crippen molar-refractivity contribution >= 4 is 0 Å². The smallest absolute Gasteiger partial charge is 0.116 e. The molecule has 1 aromatic rings. The van der Waals surface area contributed by atoms with Gasteiger partial charge in [0.15, 0.2) is 0 Å². The summed E-state index contributed by atoms with van der Waals surface area (Å²) in [5, 5.41) is 13.0. The lowest BCUT2D eigenvalue weighted by Crippen LogP contribution is -2.29. The summed E-state index contributed by atoms with van der Waals surface area (Å²) in [5.41, 5.74) is 3.84. The number of hydrogen-bond acceptors (Lipinski definition) is 3. The molecule has 3 heteroatoms. The molecule has 2 rings (SSSR count). The zero-order valence-electron chi connectivity index (χ0n) is 12.2. The molecule has 0 bridgehead atoms. The molecule has 1 aromatic carbocycles. The standard InChI is InChI=1S/C16H26N2O/c1-13-11-15(19)12-14(2)16(13)5-3-8-18-9-4-6-17-7-10-18/h11-12,17,19H,3-10H2,1-2H3. The number of phenols is 1. The van der Waals surface area contributed by atoms with Gasteiger partial charge in [0.2, 0.25) is 0 Å². The van der Waals surface area contributed by atoms with Gasteiger partial charge in [-0.1, -0.05) is 0 Å². The van der Waals surface area contributed by atoms with Crippen molar-refractivity contribution < 1.29 is 5.11 Å². The summed E-state index contributed by atoms with van der Waals surface area (Å²) in [7, 11) is 0. The Morgan fingerprint density at radius 1 is 1.16 bits per heavy atom. The Bertz CT molecular complexity index is 386. The molecule has 1 fully saturated rings. The van der Waals surface area contributed by atoms with Crippen molar-refractivity contribution in [1.82, 2.24) is 10.2 Å². The number of hydrogen-bond donors (Lipinski definition) is 2. The third-order valence-corrected chi connectivity index (χ3v) is 4.01. The minimum absolute atomic E-state index is 0.386. The molecule has 2 N–H and O–H groups in total. The quantitative estimate of drug-likeness (QED) is 0.873. The predicted octanol–water partition coefficient (Wildman–Crippen LogP) is 2.24. The van der Waals surface area contributed by atoms with Crippen LogP contribution in [0.4, 0.5) is 0 Å². The molecule has 0 unspecified atom stereocenters. The van der Waals surface area contributed by atoms with Gasteiger partial charge in [-0.3, -0.25) is 0 Å². The van der Waals surface area contributed by atoms with Gasteiger partial charge in [-0.05, 0) is 81.6 Å². The Kier molecular flexibility index (Phi) is 5.23. The fourth-order valence-electron chi connectivity index (χ4n) is 2.97. The Hall–Kier alpha value is -1.06. The number of aromatic hydroxyl groups is 1. The maximum atomic E-state index is 9.56. The first-order valence-electron chi connectivity index (χ1n) is 7.39. The van der Waals surface area contributed by atoms with E-state index in [-0.39, 0.29) is 0 Å². The van der Waals surface area contributed by atoms with Crippen LogP contribution in [-0.4, -0.2) is 42.7 Å². The first kappa shape index (κ1) is 14.4. The van der Waals surface area contributed by atoms with Crippen LogP contribution in [0.15, 0.2) is 12.1 Å². The van der Waals surface area contributed by atoms with E-state index in [0.717, 1.165) is 19.5 Å². The molecule has 0 radical (unpaired) electrons. The van der Waals surface area contributed by atoms with E-state index in [0.29, 0.717) is 5.75 Å². The van der Waals surface area contributed by atoms with E-state index in [4.69, 9.17) is 0 Å². The lowest BCUT2D eigenvalue weighted by molar-refractivity contribution is 0.289. The molecular weight excluding hydrogens is 236 g/mol. The topological polar surface area (TPSA) is 35.5 Å². The number of benzene rings is 1. The minimum Gasteiger partial charge on any atom is -0.508 e. The van der Waals surface area contributed by atoms with Crippen molar-refractivity contribution in [2.24, 2.45) is 0 Å². The largest absolute Gasteiger partial charge is 0.508 e. The summed E-state index contributed by atoms with van der Waals surface area (Å²) in [6, 6.07) is 3.75. The van der Waals surface area contributed by atoms with Crippen molar-refractivity contribution in [2.45, 2.75) is 33.1 Å². The zero-order valence-corrected chi connectivity index (χ0v) is 12.2. The molecule has 19 heavy (non-hydrogen) atoms. The van der Waals surface area contributed by atoms with Crippen molar-refractivity contribution in [3.05, 3.63) is 28.8 Å². The third kappa shape index (κ3) is 4.22. The van der Waals surface area contributed by atoms with Gasteiger partial charge >= 0.3 is 0 Å². The molecule has 0 saturated carbocycles. The molecule has 0 aliphatic carbocycles. The number of rotatable bonds is 4. The fraction of sp³-hybridized carbons (Fsp3) is 0.625. The van der Waals surface area contributed by atoms with Crippen LogP contribution in [-0.2, 0) is 6.42 Å². The van der Waals surface area contributed by atoms with Crippen molar-refractivity contribution in [1.29, 1.82) is 0 Å². The Morgan fingerprint density at radius 2 is 1.89 bits per heavy atom. The average Bonchev–Trinajstić information content (AvgIpc) is 2.61. The van der Waals surface area contributed by atoms with Crippen LogP contribution >= 0.6 is 0 Å². The highest BCUT2D eigenvalue weighted by molar-refractivity contribution is 5.40. The Balaban J connectivity index is 1.85. The Morgan fingerprint density at radius 3 is 2.63 bits per heavy atom. The van der Waals surface area contributed by atoms with Gasteiger partial charge in [0.05, 0.1) is 0 Å². The number of nitrogens with zero attached hydrogens (tertiary/aromatic N) is 1. The predicted molar refractivity (Wildman–Crippen MR) is 79.8 cm³/mol. The maximum Gasteiger partial charge on any atom is 0.116 e. The second-order valence-electron chi connectivity index (χ2n) is 5.61. The SMILES string of the molecule is Cc1cc(O)cc(C)c1CCCN1CCCNCC1. The van der Waals surface area contributed by atoms with E-state index in [1.807, 2.05) is 12.1 Å². The molecular formula is C16H26N2O. The highest BCUT2D eigenvalue weighted by Crippen LogP contribution is 2.22. The lowest BCUT2D eigenvalue weighted by atomic mass is 9.98. The molecule has 0 amide bonds. The second-order valence-corrected chi connectivity index (χ2v) is 5.61.